The van der Waals surface area contributed by atoms with E-state index in [9.17, 15) is 4.79 Å². The molecule has 0 saturated heterocycles. The second-order valence-corrected chi connectivity index (χ2v) is 7.81. The number of fused-ring (bicyclic) bond motifs is 1. The minimum Gasteiger partial charge on any atom is -0.344 e. The third kappa shape index (κ3) is 2.63. The first-order chi connectivity index (χ1) is 11.5. The monoisotopic (exact) mass is 339 g/mol. The van der Waals surface area contributed by atoms with E-state index >= 15 is 0 Å². The van der Waals surface area contributed by atoms with Gasteiger partial charge in [0.2, 0.25) is 0 Å². The molecular weight excluding hydrogens is 318 g/mol. The Morgan fingerprint density at radius 3 is 2.71 bits per heavy atom. The molecule has 4 nitrogen and oxygen atoms in total. The van der Waals surface area contributed by atoms with Crippen LogP contribution in [0.2, 0.25) is 0 Å². The summed E-state index contributed by atoms with van der Waals surface area (Å²) >= 11 is 1.51. The predicted octanol–water partition coefficient (Wildman–Crippen LogP) is 4.07. The van der Waals surface area contributed by atoms with Gasteiger partial charge in [-0.2, -0.15) is 5.10 Å². The largest absolute Gasteiger partial charge is 0.344 e. The number of aryl methyl sites for hydroxylation is 2. The normalized spacial score (nSPS) is 21.0. The van der Waals surface area contributed by atoms with Gasteiger partial charge in [-0.25, -0.2) is 0 Å². The zero-order chi connectivity index (χ0) is 16.8. The summed E-state index contributed by atoms with van der Waals surface area (Å²) in [5, 5.41) is 8.75. The zero-order valence-electron chi connectivity index (χ0n) is 14.1. The molecule has 2 heterocycles. The lowest BCUT2D eigenvalue weighted by Crippen LogP contribution is -2.29. The third-order valence-electron chi connectivity index (χ3n) is 4.97. The van der Waals surface area contributed by atoms with Gasteiger partial charge in [-0.05, 0) is 36.8 Å². The number of rotatable bonds is 4. The SMILES string of the molecule is Cc1nn(C)c2sc(C(=O)NC(c3ccccc3)C3CC3C)cc12. The van der Waals surface area contributed by atoms with Gasteiger partial charge in [0.05, 0.1) is 16.6 Å². The molecule has 1 N–H and O–H groups in total. The Bertz CT molecular complexity index is 862. The molecule has 1 saturated carbocycles. The van der Waals surface area contributed by atoms with E-state index in [0.29, 0.717) is 11.8 Å². The highest BCUT2D eigenvalue weighted by Gasteiger charge is 2.41. The number of nitrogens with zero attached hydrogens (tertiary/aromatic N) is 2. The summed E-state index contributed by atoms with van der Waals surface area (Å²) in [6.07, 6.45) is 1.18. The Labute approximate surface area is 145 Å². The van der Waals surface area contributed by atoms with Crippen LogP contribution in [0.4, 0.5) is 0 Å². The first-order valence-electron chi connectivity index (χ1n) is 8.33. The van der Waals surface area contributed by atoms with Crippen molar-refractivity contribution in [3.05, 3.63) is 52.5 Å². The Kier molecular flexibility index (Phi) is 3.68. The lowest BCUT2D eigenvalue weighted by atomic mass is 10.0. The van der Waals surface area contributed by atoms with Crippen molar-refractivity contribution in [2.45, 2.75) is 26.3 Å². The summed E-state index contributed by atoms with van der Waals surface area (Å²) in [6.45, 7) is 4.23. The van der Waals surface area contributed by atoms with Crippen molar-refractivity contribution in [1.29, 1.82) is 0 Å². The standard InChI is InChI=1S/C19H21N3OS/c1-11-9-14(11)17(13-7-5-4-6-8-13)20-18(23)16-10-15-12(2)21-22(3)19(15)24-16/h4-8,10-11,14,17H,9H2,1-3H3,(H,20,23). The lowest BCUT2D eigenvalue weighted by molar-refractivity contribution is 0.0935. The number of benzene rings is 1. The molecule has 5 heteroatoms. The van der Waals surface area contributed by atoms with E-state index in [4.69, 9.17) is 0 Å². The third-order valence-corrected chi connectivity index (χ3v) is 6.17. The summed E-state index contributed by atoms with van der Waals surface area (Å²) < 4.78 is 1.85. The van der Waals surface area contributed by atoms with Gasteiger partial charge in [-0.1, -0.05) is 37.3 Å². The second kappa shape index (κ2) is 5.74. The second-order valence-electron chi connectivity index (χ2n) is 6.78. The van der Waals surface area contributed by atoms with E-state index in [1.54, 1.807) is 0 Å². The van der Waals surface area contributed by atoms with Gasteiger partial charge in [-0.3, -0.25) is 9.48 Å². The van der Waals surface area contributed by atoms with Crippen LogP contribution in [0, 0.1) is 18.8 Å². The number of carbonyl (C=O) groups is 1. The van der Waals surface area contributed by atoms with Crippen molar-refractivity contribution in [3.63, 3.8) is 0 Å². The molecule has 124 valence electrons. The van der Waals surface area contributed by atoms with E-state index < -0.39 is 0 Å². The van der Waals surface area contributed by atoms with Gasteiger partial charge in [-0.15, -0.1) is 11.3 Å². The van der Waals surface area contributed by atoms with Crippen LogP contribution in [-0.4, -0.2) is 15.7 Å². The van der Waals surface area contributed by atoms with Gasteiger partial charge in [0.1, 0.15) is 4.83 Å². The van der Waals surface area contributed by atoms with Crippen molar-refractivity contribution in [3.8, 4) is 0 Å². The minimum atomic E-state index is 0.0172. The molecule has 1 aliphatic rings. The molecule has 0 radical (unpaired) electrons. The lowest BCUT2D eigenvalue weighted by Gasteiger charge is -2.19. The average molecular weight is 339 g/mol. The average Bonchev–Trinajstić information content (AvgIpc) is 3.03. The number of hydrogen-bond acceptors (Lipinski definition) is 3. The Hall–Kier alpha value is -2.14. The van der Waals surface area contributed by atoms with Crippen LogP contribution < -0.4 is 5.32 Å². The van der Waals surface area contributed by atoms with Crippen molar-refractivity contribution in [2.24, 2.45) is 18.9 Å². The Morgan fingerprint density at radius 2 is 2.08 bits per heavy atom. The molecule has 3 aromatic rings. The van der Waals surface area contributed by atoms with Gasteiger partial charge >= 0.3 is 0 Å². The van der Waals surface area contributed by atoms with Crippen LogP contribution in [0.5, 0.6) is 0 Å². The first kappa shape index (κ1) is 15.4. The number of aromatic nitrogens is 2. The molecule has 3 unspecified atom stereocenters. The van der Waals surface area contributed by atoms with Gasteiger partial charge in [0.25, 0.3) is 5.91 Å². The maximum Gasteiger partial charge on any atom is 0.261 e. The number of carbonyl (C=O) groups excluding carboxylic acids is 1. The summed E-state index contributed by atoms with van der Waals surface area (Å²) in [7, 11) is 1.92. The van der Waals surface area contributed by atoms with Crippen LogP contribution in [0.15, 0.2) is 36.4 Å². The fourth-order valence-corrected chi connectivity index (χ4v) is 4.47. The molecule has 0 spiro atoms. The Balaban J connectivity index is 1.61. The van der Waals surface area contributed by atoms with E-state index in [1.165, 1.54) is 23.3 Å². The van der Waals surface area contributed by atoms with Crippen molar-refractivity contribution in [2.75, 3.05) is 0 Å². The number of hydrogen-bond donors (Lipinski definition) is 1. The molecule has 4 rings (SSSR count). The molecule has 0 aliphatic heterocycles. The molecule has 1 amide bonds. The minimum absolute atomic E-state index is 0.0172. The summed E-state index contributed by atoms with van der Waals surface area (Å²) in [4.78, 5) is 14.6. The fourth-order valence-electron chi connectivity index (χ4n) is 3.44. The molecule has 24 heavy (non-hydrogen) atoms. The number of nitrogens with one attached hydrogen (secondary N) is 1. The van der Waals surface area contributed by atoms with E-state index in [0.717, 1.165) is 20.8 Å². The quantitative estimate of drug-likeness (QED) is 0.779. The predicted molar refractivity (Wildman–Crippen MR) is 97.2 cm³/mol. The molecular formula is C19H21N3OS. The highest BCUT2D eigenvalue weighted by Crippen LogP contribution is 2.47. The topological polar surface area (TPSA) is 46.9 Å². The van der Waals surface area contributed by atoms with E-state index in [-0.39, 0.29) is 11.9 Å². The Morgan fingerprint density at radius 1 is 1.38 bits per heavy atom. The summed E-state index contributed by atoms with van der Waals surface area (Å²) in [6, 6.07) is 12.4. The van der Waals surface area contributed by atoms with Crippen molar-refractivity contribution >= 4 is 27.5 Å². The number of thiophene rings is 1. The molecule has 1 aromatic carbocycles. The summed E-state index contributed by atoms with van der Waals surface area (Å²) in [5.41, 5.74) is 2.16. The molecule has 3 atom stereocenters. The zero-order valence-corrected chi connectivity index (χ0v) is 14.9. The van der Waals surface area contributed by atoms with Gasteiger partial charge in [0.15, 0.2) is 0 Å². The summed E-state index contributed by atoms with van der Waals surface area (Å²) in [5.74, 6) is 1.22. The van der Waals surface area contributed by atoms with Crippen molar-refractivity contribution < 1.29 is 4.79 Å². The maximum atomic E-state index is 12.8. The van der Waals surface area contributed by atoms with E-state index in [2.05, 4.69) is 29.5 Å². The van der Waals surface area contributed by atoms with E-state index in [1.807, 2.05) is 42.9 Å². The van der Waals surface area contributed by atoms with Gasteiger partial charge in [0, 0.05) is 12.4 Å². The molecule has 1 aliphatic carbocycles. The maximum absolute atomic E-state index is 12.8. The van der Waals surface area contributed by atoms with Crippen LogP contribution in [-0.2, 0) is 7.05 Å². The highest BCUT2D eigenvalue weighted by atomic mass is 32.1. The smallest absolute Gasteiger partial charge is 0.261 e. The van der Waals surface area contributed by atoms with Crippen LogP contribution in [0.25, 0.3) is 10.2 Å². The molecule has 1 fully saturated rings. The van der Waals surface area contributed by atoms with Crippen LogP contribution in [0.3, 0.4) is 0 Å². The van der Waals surface area contributed by atoms with Crippen LogP contribution >= 0.6 is 11.3 Å². The fraction of sp³-hybridized carbons (Fsp3) is 0.368. The molecule has 2 aromatic heterocycles. The first-order valence-corrected chi connectivity index (χ1v) is 9.15. The van der Waals surface area contributed by atoms with Gasteiger partial charge < -0.3 is 5.32 Å². The van der Waals surface area contributed by atoms with Crippen molar-refractivity contribution in [1.82, 2.24) is 15.1 Å². The number of amides is 1. The highest BCUT2D eigenvalue weighted by molar-refractivity contribution is 7.20. The van der Waals surface area contributed by atoms with Crippen LogP contribution in [0.1, 0.15) is 40.3 Å². The molecule has 0 bridgehead atoms.